The van der Waals surface area contributed by atoms with E-state index < -0.39 is 0 Å². The molecule has 12 heteroatoms. The van der Waals surface area contributed by atoms with E-state index in [0.29, 0.717) is 0 Å². The maximum atomic E-state index is 4.53. The van der Waals surface area contributed by atoms with E-state index in [9.17, 15) is 0 Å². The molecule has 48 heavy (non-hydrogen) atoms. The molecule has 0 amide bonds. The highest BCUT2D eigenvalue weighted by Crippen LogP contribution is 2.45. The van der Waals surface area contributed by atoms with Crippen LogP contribution >= 0.6 is 45.3 Å². The van der Waals surface area contributed by atoms with Crippen LogP contribution in [0.25, 0.3) is 35.1 Å². The average molecular weight is 701 g/mol. The summed E-state index contributed by atoms with van der Waals surface area (Å²) in [6.45, 7) is 0. The normalized spacial score (nSPS) is 15.5. The van der Waals surface area contributed by atoms with E-state index in [2.05, 4.69) is 132 Å². The Balaban J connectivity index is 0.000000131. The molecule has 0 atom stereocenters. The second kappa shape index (κ2) is 12.0. The van der Waals surface area contributed by atoms with Crippen LogP contribution in [-0.4, -0.2) is 40.3 Å². The van der Waals surface area contributed by atoms with Crippen molar-refractivity contribution in [3.63, 3.8) is 0 Å². The van der Waals surface area contributed by atoms with Gasteiger partial charge in [-0.3, -0.25) is 10.2 Å². The maximum absolute atomic E-state index is 4.53. The summed E-state index contributed by atoms with van der Waals surface area (Å²) in [4.78, 5) is 14.7. The van der Waals surface area contributed by atoms with Gasteiger partial charge in [0.25, 0.3) is 0 Å². The molecule has 10 rings (SSSR count). The van der Waals surface area contributed by atoms with Gasteiger partial charge in [0.1, 0.15) is 11.4 Å². The number of nitrogens with one attached hydrogen (secondary N) is 4. The van der Waals surface area contributed by atoms with Crippen molar-refractivity contribution in [3.8, 4) is 22.9 Å². The summed E-state index contributed by atoms with van der Waals surface area (Å²) in [5.74, 6) is 0.802. The summed E-state index contributed by atoms with van der Waals surface area (Å²) < 4.78 is 0. The molecule has 236 valence electrons. The van der Waals surface area contributed by atoms with Crippen LogP contribution in [0, 0.1) is 0 Å². The molecule has 8 nitrogen and oxygen atoms in total. The van der Waals surface area contributed by atoms with Gasteiger partial charge in [-0.15, -0.1) is 0 Å². The van der Waals surface area contributed by atoms with Crippen LogP contribution in [0.1, 0.15) is 44.8 Å². The van der Waals surface area contributed by atoms with Crippen LogP contribution in [0.15, 0.2) is 104 Å². The first kappa shape index (κ1) is 29.3. The number of H-pyrrole nitrogens is 4. The Labute approximate surface area is 292 Å². The lowest BCUT2D eigenvalue weighted by Crippen LogP contribution is -2.29. The summed E-state index contributed by atoms with van der Waals surface area (Å²) in [7, 11) is 0. The first-order chi connectivity index (χ1) is 23.7. The summed E-state index contributed by atoms with van der Waals surface area (Å²) in [5, 5.41) is 33.1. The number of fused-ring (bicyclic) bond motifs is 2. The highest BCUT2D eigenvalue weighted by atomic mass is 32.1. The number of rotatable bonds is 6. The van der Waals surface area contributed by atoms with Crippen molar-refractivity contribution in [3.05, 3.63) is 149 Å². The van der Waals surface area contributed by atoms with Gasteiger partial charge in [0, 0.05) is 58.6 Å². The van der Waals surface area contributed by atoms with Gasteiger partial charge in [-0.1, -0.05) is 24.3 Å². The van der Waals surface area contributed by atoms with Crippen molar-refractivity contribution >= 4 is 57.5 Å². The van der Waals surface area contributed by atoms with Crippen LogP contribution in [-0.2, 0) is 23.7 Å². The van der Waals surface area contributed by atoms with Crippen molar-refractivity contribution in [1.29, 1.82) is 0 Å². The molecule has 0 aromatic carbocycles. The molecular formula is C36H28N8S4. The van der Waals surface area contributed by atoms with Gasteiger partial charge >= 0.3 is 0 Å². The first-order valence-corrected chi connectivity index (χ1v) is 19.1. The Hall–Kier alpha value is -4.88. The third kappa shape index (κ3) is 4.83. The van der Waals surface area contributed by atoms with Gasteiger partial charge in [0.2, 0.25) is 0 Å². The molecular weight excluding hydrogens is 673 g/mol. The Morgan fingerprint density at radius 3 is 1.58 bits per heavy atom. The Kier molecular flexibility index (Phi) is 7.30. The zero-order chi connectivity index (χ0) is 32.0. The molecule has 0 saturated heterocycles. The van der Waals surface area contributed by atoms with E-state index in [4.69, 9.17) is 0 Å². The number of aromatic amines is 4. The predicted octanol–water partition coefficient (Wildman–Crippen LogP) is 8.96. The number of hydrogen-bond acceptors (Lipinski definition) is 8. The molecule has 0 unspecified atom stereocenters. The largest absolute Gasteiger partial charge is 0.343 e. The molecule has 8 aromatic rings. The standard InChI is InChI=1S/2C18H14N4S2/c1-4-18(12-2-7-23-10-12,13-3-8-24-11-13)9-15-14(1)16(22-21-15)17-19-5-6-20-17;1-4-18(12-2-5-23-9-12,13-3-6-24-10-13)7-15-14(1)17(22-21-15)16-8-19-11-20-16/h1-8,10-11H,9H2,(H,19,20)(H,21,22);1-6,8-11H,7H2,(H,19,20)(H,21,22). The fourth-order valence-electron chi connectivity index (χ4n) is 6.89. The molecule has 8 aromatic heterocycles. The second-order valence-electron chi connectivity index (χ2n) is 11.8. The van der Waals surface area contributed by atoms with E-state index in [1.165, 1.54) is 27.9 Å². The summed E-state index contributed by atoms with van der Waals surface area (Å²) >= 11 is 6.97. The number of hydrogen-bond donors (Lipinski definition) is 4. The van der Waals surface area contributed by atoms with Crippen LogP contribution in [0.4, 0.5) is 0 Å². The molecule has 0 spiro atoms. The van der Waals surface area contributed by atoms with E-state index >= 15 is 0 Å². The number of allylic oxidation sites excluding steroid dienone is 2. The Bertz CT molecular complexity index is 2050. The first-order valence-electron chi connectivity index (χ1n) is 15.4. The van der Waals surface area contributed by atoms with Crippen molar-refractivity contribution < 1.29 is 0 Å². The third-order valence-electron chi connectivity index (χ3n) is 9.37. The van der Waals surface area contributed by atoms with Crippen molar-refractivity contribution in [2.45, 2.75) is 23.7 Å². The lowest BCUT2D eigenvalue weighted by Gasteiger charge is -2.32. The van der Waals surface area contributed by atoms with E-state index in [1.54, 1.807) is 57.9 Å². The minimum Gasteiger partial charge on any atom is -0.343 e. The quantitative estimate of drug-likeness (QED) is 0.139. The maximum Gasteiger partial charge on any atom is 0.158 e. The van der Waals surface area contributed by atoms with E-state index in [1.807, 2.05) is 12.4 Å². The molecule has 4 N–H and O–H groups in total. The summed E-state index contributed by atoms with van der Waals surface area (Å²) in [6, 6.07) is 8.90. The van der Waals surface area contributed by atoms with Gasteiger partial charge in [0.15, 0.2) is 5.82 Å². The zero-order valence-electron chi connectivity index (χ0n) is 25.4. The number of aromatic nitrogens is 8. The highest BCUT2D eigenvalue weighted by Gasteiger charge is 2.38. The Morgan fingerprint density at radius 1 is 0.625 bits per heavy atom. The molecule has 0 fully saturated rings. The minimum atomic E-state index is -0.125. The van der Waals surface area contributed by atoms with Crippen LogP contribution in [0.2, 0.25) is 0 Å². The summed E-state index contributed by atoms with van der Waals surface area (Å²) in [6.07, 6.45) is 17.9. The second-order valence-corrected chi connectivity index (χ2v) is 15.0. The number of nitrogens with zero attached hydrogens (tertiary/aromatic N) is 4. The van der Waals surface area contributed by atoms with Gasteiger partial charge in [-0.05, 0) is 89.6 Å². The van der Waals surface area contributed by atoms with Crippen molar-refractivity contribution in [1.82, 2.24) is 40.3 Å². The number of imidazole rings is 2. The smallest absolute Gasteiger partial charge is 0.158 e. The summed E-state index contributed by atoms with van der Waals surface area (Å²) in [5.41, 5.74) is 12.5. The zero-order valence-corrected chi connectivity index (χ0v) is 28.6. The fourth-order valence-corrected chi connectivity index (χ4v) is 9.85. The van der Waals surface area contributed by atoms with Crippen LogP contribution in [0.5, 0.6) is 0 Å². The Morgan fingerprint density at radius 2 is 1.15 bits per heavy atom. The lowest BCUT2D eigenvalue weighted by atomic mass is 9.70. The molecule has 0 aliphatic heterocycles. The molecule has 0 saturated carbocycles. The number of thiophene rings is 4. The van der Waals surface area contributed by atoms with Crippen molar-refractivity contribution in [2.75, 3.05) is 0 Å². The van der Waals surface area contributed by atoms with Gasteiger partial charge in [-0.25, -0.2) is 9.97 Å². The van der Waals surface area contributed by atoms with E-state index in [0.717, 1.165) is 52.6 Å². The fraction of sp³-hybridized carbons (Fsp3) is 0.111. The molecule has 0 radical (unpaired) electrons. The minimum absolute atomic E-state index is 0.120. The van der Waals surface area contributed by atoms with Crippen molar-refractivity contribution in [2.24, 2.45) is 0 Å². The van der Waals surface area contributed by atoms with Gasteiger partial charge in [-0.2, -0.15) is 55.5 Å². The predicted molar refractivity (Wildman–Crippen MR) is 197 cm³/mol. The molecule has 2 aliphatic rings. The highest BCUT2D eigenvalue weighted by molar-refractivity contribution is 7.08. The van der Waals surface area contributed by atoms with Crippen LogP contribution in [0.3, 0.4) is 0 Å². The van der Waals surface area contributed by atoms with Gasteiger partial charge < -0.3 is 9.97 Å². The van der Waals surface area contributed by atoms with Crippen LogP contribution < -0.4 is 0 Å². The molecule has 0 bridgehead atoms. The molecule has 2 aliphatic carbocycles. The monoisotopic (exact) mass is 700 g/mol. The third-order valence-corrected chi connectivity index (χ3v) is 12.1. The van der Waals surface area contributed by atoms with E-state index in [-0.39, 0.29) is 10.8 Å². The van der Waals surface area contributed by atoms with Gasteiger partial charge in [0.05, 0.1) is 18.2 Å². The topological polar surface area (TPSA) is 115 Å². The SMILES string of the molecule is C1=CC(c2ccsc2)(c2ccsc2)Cc2[nH]nc(-c3cnc[nH]3)c21.C1=CC(c2ccsc2)(c2ccsc2)Cc2[nH]nc(-c3ncc[nH]3)c21. The average Bonchev–Trinajstić information content (AvgIpc) is 3.99. The molecule has 8 heterocycles. The lowest BCUT2D eigenvalue weighted by molar-refractivity contribution is 0.625.